The average molecular weight is 284 g/mol. The van der Waals surface area contributed by atoms with E-state index >= 15 is 0 Å². The van der Waals surface area contributed by atoms with Crippen molar-refractivity contribution in [2.45, 2.75) is 19.0 Å². The lowest BCUT2D eigenvalue weighted by atomic mass is 10.2. The molecule has 1 fully saturated rings. The van der Waals surface area contributed by atoms with E-state index in [-0.39, 0.29) is 12.1 Å². The Bertz CT molecular complexity index is 534. The summed E-state index contributed by atoms with van der Waals surface area (Å²) in [6, 6.07) is 9.27. The molecule has 0 aromatic heterocycles. The van der Waals surface area contributed by atoms with Crippen LogP contribution in [0.15, 0.2) is 30.3 Å². The van der Waals surface area contributed by atoms with Crippen molar-refractivity contribution >= 4 is 16.0 Å². The first-order chi connectivity index (χ1) is 8.82. The van der Waals surface area contributed by atoms with Crippen LogP contribution in [-0.4, -0.2) is 55.0 Å². The third-order valence-electron chi connectivity index (χ3n) is 3.76. The molecule has 7 heteroatoms. The molecule has 1 aliphatic heterocycles. The zero-order valence-corrected chi connectivity index (χ0v) is 12.0. The predicted octanol–water partition coefficient (Wildman–Crippen LogP) is 0.502. The summed E-state index contributed by atoms with van der Waals surface area (Å²) in [5, 5.41) is 3.94. The number of benzene rings is 1. The summed E-state index contributed by atoms with van der Waals surface area (Å²) in [7, 11) is -1.19. The number of para-hydroxylation sites is 1. The van der Waals surface area contributed by atoms with Crippen molar-refractivity contribution < 1.29 is 13.0 Å². The normalized spacial score (nSPS) is 25.2. The van der Waals surface area contributed by atoms with Gasteiger partial charge >= 0.3 is 0 Å². The van der Waals surface area contributed by atoms with Gasteiger partial charge in [-0.2, -0.15) is 0 Å². The third kappa shape index (κ3) is 2.74. The molecule has 2 atom stereocenters. The Morgan fingerprint density at radius 1 is 1.32 bits per heavy atom. The molecule has 1 aliphatic rings. The van der Waals surface area contributed by atoms with Crippen LogP contribution in [0.3, 0.4) is 0 Å². The fraction of sp³-hybridized carbons (Fsp3) is 0.500. The van der Waals surface area contributed by atoms with E-state index in [0.717, 1.165) is 9.99 Å². The Morgan fingerprint density at radius 2 is 1.89 bits per heavy atom. The third-order valence-corrected chi connectivity index (χ3v) is 4.74. The molecule has 1 aromatic rings. The van der Waals surface area contributed by atoms with Gasteiger partial charge in [0.05, 0.1) is 18.3 Å². The molecule has 1 heterocycles. The molecule has 106 valence electrons. The smallest absolute Gasteiger partial charge is 0.162 e. The van der Waals surface area contributed by atoms with E-state index in [0.29, 0.717) is 6.54 Å². The summed E-state index contributed by atoms with van der Waals surface area (Å²) in [6.45, 7) is 2.38. The topological polar surface area (TPSA) is 66.9 Å². The van der Waals surface area contributed by atoms with Crippen LogP contribution in [0, 0.1) is 0 Å². The SMILES string of the molecule is CC1C(N(C)S(=O)(=O)[O-])CN(c2ccccc2)N1C. The Kier molecular flexibility index (Phi) is 3.82. The highest BCUT2D eigenvalue weighted by molar-refractivity contribution is 7.83. The van der Waals surface area contributed by atoms with Crippen molar-refractivity contribution in [2.75, 3.05) is 25.6 Å². The van der Waals surface area contributed by atoms with E-state index in [1.54, 1.807) is 0 Å². The lowest BCUT2D eigenvalue weighted by molar-refractivity contribution is 0.241. The number of likely N-dealkylation sites (N-methyl/N-ethyl adjacent to an activating group) is 2. The Balaban J connectivity index is 2.24. The van der Waals surface area contributed by atoms with E-state index in [1.165, 1.54) is 7.05 Å². The van der Waals surface area contributed by atoms with Gasteiger partial charge in [-0.05, 0) is 19.1 Å². The summed E-state index contributed by atoms with van der Waals surface area (Å²) < 4.78 is 34.4. The van der Waals surface area contributed by atoms with Crippen LogP contribution in [-0.2, 0) is 10.3 Å². The lowest BCUT2D eigenvalue weighted by Crippen LogP contribution is -2.44. The maximum Gasteiger partial charge on any atom is 0.162 e. The second-order valence-corrected chi connectivity index (χ2v) is 6.20. The first-order valence-electron chi connectivity index (χ1n) is 6.06. The minimum atomic E-state index is -4.42. The number of nitrogens with zero attached hydrogens (tertiary/aromatic N) is 3. The fourth-order valence-electron chi connectivity index (χ4n) is 2.40. The standard InChI is InChI=1S/C12H19N3O3S/c1-10-12(14(3)19(16,17)18)9-15(13(10)2)11-7-5-4-6-8-11/h4-8,10,12H,9H2,1-3H3,(H,16,17,18)/p-1. The van der Waals surface area contributed by atoms with Gasteiger partial charge in [0.25, 0.3) is 0 Å². The molecule has 6 nitrogen and oxygen atoms in total. The second-order valence-electron chi connectivity index (χ2n) is 4.77. The molecular weight excluding hydrogens is 266 g/mol. The van der Waals surface area contributed by atoms with Crippen molar-refractivity contribution in [2.24, 2.45) is 0 Å². The molecule has 0 spiro atoms. The first-order valence-corrected chi connectivity index (χ1v) is 7.43. The molecule has 1 aromatic carbocycles. The van der Waals surface area contributed by atoms with Gasteiger partial charge in [-0.25, -0.2) is 17.7 Å². The van der Waals surface area contributed by atoms with E-state index in [2.05, 4.69) is 0 Å². The molecule has 0 amide bonds. The number of hydrogen-bond donors (Lipinski definition) is 0. The molecule has 0 N–H and O–H groups in total. The molecule has 1 saturated heterocycles. The van der Waals surface area contributed by atoms with Crippen molar-refractivity contribution in [3.05, 3.63) is 30.3 Å². The summed E-state index contributed by atoms with van der Waals surface area (Å²) in [4.78, 5) is 0. The largest absolute Gasteiger partial charge is 0.735 e. The van der Waals surface area contributed by atoms with Gasteiger partial charge in [0.1, 0.15) is 0 Å². The quantitative estimate of drug-likeness (QED) is 0.756. The minimum Gasteiger partial charge on any atom is -0.735 e. The Morgan fingerprint density at radius 3 is 2.42 bits per heavy atom. The number of hydrazine groups is 1. The zero-order valence-electron chi connectivity index (χ0n) is 11.2. The van der Waals surface area contributed by atoms with Crippen molar-refractivity contribution in [3.63, 3.8) is 0 Å². The van der Waals surface area contributed by atoms with Crippen LogP contribution in [0.2, 0.25) is 0 Å². The number of anilines is 1. The van der Waals surface area contributed by atoms with Gasteiger partial charge in [-0.15, -0.1) is 0 Å². The highest BCUT2D eigenvalue weighted by Crippen LogP contribution is 2.27. The van der Waals surface area contributed by atoms with E-state index in [1.807, 2.05) is 54.3 Å². The van der Waals surface area contributed by atoms with E-state index < -0.39 is 10.3 Å². The van der Waals surface area contributed by atoms with Crippen molar-refractivity contribution in [1.82, 2.24) is 9.31 Å². The van der Waals surface area contributed by atoms with Crippen LogP contribution in [0.4, 0.5) is 5.69 Å². The van der Waals surface area contributed by atoms with Crippen LogP contribution in [0.1, 0.15) is 6.92 Å². The second kappa shape index (κ2) is 5.09. The maximum absolute atomic E-state index is 11.1. The van der Waals surface area contributed by atoms with Gasteiger partial charge < -0.3 is 9.56 Å². The van der Waals surface area contributed by atoms with Gasteiger partial charge in [0.2, 0.25) is 0 Å². The molecular formula is C12H18N3O3S-. The molecule has 0 bridgehead atoms. The van der Waals surface area contributed by atoms with Crippen LogP contribution in [0.25, 0.3) is 0 Å². The van der Waals surface area contributed by atoms with Crippen LogP contribution in [0.5, 0.6) is 0 Å². The number of rotatable bonds is 3. The number of hydrogen-bond acceptors (Lipinski definition) is 5. The molecule has 0 aliphatic carbocycles. The van der Waals surface area contributed by atoms with Crippen LogP contribution >= 0.6 is 0 Å². The highest BCUT2D eigenvalue weighted by Gasteiger charge is 2.38. The summed E-state index contributed by atoms with van der Waals surface area (Å²) in [5.74, 6) is 0. The molecule has 19 heavy (non-hydrogen) atoms. The van der Waals surface area contributed by atoms with Gasteiger partial charge in [0, 0.05) is 20.1 Å². The zero-order chi connectivity index (χ0) is 14.2. The Labute approximate surface area is 114 Å². The Hall–Kier alpha value is -1.15. The lowest BCUT2D eigenvalue weighted by Gasteiger charge is -2.29. The first kappa shape index (κ1) is 14.3. The monoisotopic (exact) mass is 284 g/mol. The summed E-state index contributed by atoms with van der Waals surface area (Å²) >= 11 is 0. The summed E-state index contributed by atoms with van der Waals surface area (Å²) in [6.07, 6.45) is 0. The minimum absolute atomic E-state index is 0.0612. The molecule has 0 saturated carbocycles. The molecule has 0 radical (unpaired) electrons. The van der Waals surface area contributed by atoms with Crippen LogP contribution < -0.4 is 5.01 Å². The van der Waals surface area contributed by atoms with E-state index in [4.69, 9.17) is 0 Å². The van der Waals surface area contributed by atoms with Gasteiger partial charge in [0.15, 0.2) is 10.3 Å². The van der Waals surface area contributed by atoms with E-state index in [9.17, 15) is 13.0 Å². The predicted molar refractivity (Wildman–Crippen MR) is 72.3 cm³/mol. The molecule has 2 rings (SSSR count). The average Bonchev–Trinajstić information content (AvgIpc) is 2.66. The highest BCUT2D eigenvalue weighted by atomic mass is 32.2. The van der Waals surface area contributed by atoms with Crippen molar-refractivity contribution in [1.29, 1.82) is 0 Å². The van der Waals surface area contributed by atoms with Crippen molar-refractivity contribution in [3.8, 4) is 0 Å². The maximum atomic E-state index is 11.1. The fourth-order valence-corrected chi connectivity index (χ4v) is 2.97. The molecule has 2 unspecified atom stereocenters. The van der Waals surface area contributed by atoms with Gasteiger partial charge in [-0.3, -0.25) is 0 Å². The van der Waals surface area contributed by atoms with Gasteiger partial charge in [-0.1, -0.05) is 18.2 Å². The summed E-state index contributed by atoms with van der Waals surface area (Å²) in [5.41, 5.74) is 0.982.